The number of hydrogen-bond acceptors (Lipinski definition) is 3. The van der Waals surface area contributed by atoms with Crippen molar-refractivity contribution in [3.8, 4) is 0 Å². The van der Waals surface area contributed by atoms with Gasteiger partial charge in [-0.05, 0) is 0 Å². The van der Waals surface area contributed by atoms with Crippen molar-refractivity contribution in [2.24, 2.45) is 0 Å². The van der Waals surface area contributed by atoms with E-state index < -0.39 is 0 Å². The van der Waals surface area contributed by atoms with Gasteiger partial charge in [-0.1, -0.05) is 39.3 Å². The highest BCUT2D eigenvalue weighted by molar-refractivity contribution is 8.00. The molecule has 0 bridgehead atoms. The van der Waals surface area contributed by atoms with Crippen molar-refractivity contribution in [2.45, 2.75) is 43.9 Å². The SMILES string of the molecule is CCc1nc(Cl)cc(SC(C)(C)C)n1. The molecule has 1 aromatic rings. The summed E-state index contributed by atoms with van der Waals surface area (Å²) < 4.78 is 0.155. The predicted octanol–water partition coefficient (Wildman–Crippen LogP) is 3.58. The van der Waals surface area contributed by atoms with E-state index in [4.69, 9.17) is 11.6 Å². The molecule has 78 valence electrons. The molecule has 0 amide bonds. The molecule has 0 aliphatic rings. The van der Waals surface area contributed by atoms with E-state index >= 15 is 0 Å². The predicted molar refractivity (Wildman–Crippen MR) is 62.0 cm³/mol. The van der Waals surface area contributed by atoms with E-state index in [1.807, 2.05) is 13.0 Å². The minimum absolute atomic E-state index is 0.155. The minimum Gasteiger partial charge on any atom is -0.226 e. The van der Waals surface area contributed by atoms with Crippen LogP contribution in [0.5, 0.6) is 0 Å². The van der Waals surface area contributed by atoms with E-state index in [2.05, 4.69) is 30.7 Å². The first-order chi connectivity index (χ1) is 6.40. The summed E-state index contributed by atoms with van der Waals surface area (Å²) in [7, 11) is 0. The lowest BCUT2D eigenvalue weighted by Gasteiger charge is -2.16. The average molecular weight is 231 g/mol. The number of rotatable bonds is 2. The topological polar surface area (TPSA) is 25.8 Å². The van der Waals surface area contributed by atoms with Crippen LogP contribution >= 0.6 is 23.4 Å². The molecule has 1 aromatic heterocycles. The number of halogens is 1. The number of nitrogens with zero attached hydrogens (tertiary/aromatic N) is 2. The smallest absolute Gasteiger partial charge is 0.133 e. The zero-order chi connectivity index (χ0) is 10.8. The molecule has 14 heavy (non-hydrogen) atoms. The van der Waals surface area contributed by atoms with Crippen LogP contribution in [-0.4, -0.2) is 14.7 Å². The van der Waals surface area contributed by atoms with Crippen LogP contribution in [0.1, 0.15) is 33.5 Å². The molecule has 0 atom stereocenters. The van der Waals surface area contributed by atoms with Crippen LogP contribution in [0, 0.1) is 0 Å². The molecule has 0 aromatic carbocycles. The maximum Gasteiger partial charge on any atom is 0.133 e. The van der Waals surface area contributed by atoms with Crippen molar-refractivity contribution in [2.75, 3.05) is 0 Å². The van der Waals surface area contributed by atoms with Crippen LogP contribution in [0.3, 0.4) is 0 Å². The summed E-state index contributed by atoms with van der Waals surface area (Å²) in [4.78, 5) is 8.53. The highest BCUT2D eigenvalue weighted by Crippen LogP contribution is 2.31. The molecule has 1 rings (SSSR count). The van der Waals surface area contributed by atoms with Crippen molar-refractivity contribution < 1.29 is 0 Å². The number of aryl methyl sites for hydroxylation is 1. The van der Waals surface area contributed by atoms with Crippen molar-refractivity contribution >= 4 is 23.4 Å². The molecular weight excluding hydrogens is 216 g/mol. The largest absolute Gasteiger partial charge is 0.226 e. The lowest BCUT2D eigenvalue weighted by Crippen LogP contribution is -2.08. The van der Waals surface area contributed by atoms with Gasteiger partial charge in [0, 0.05) is 17.2 Å². The van der Waals surface area contributed by atoms with E-state index in [0.29, 0.717) is 5.15 Å². The Morgan fingerprint density at radius 2 is 2.00 bits per heavy atom. The molecular formula is C10H15ClN2S. The average Bonchev–Trinajstić information content (AvgIpc) is 1.99. The first kappa shape index (κ1) is 11.8. The van der Waals surface area contributed by atoms with E-state index in [1.54, 1.807) is 11.8 Å². The van der Waals surface area contributed by atoms with Crippen molar-refractivity contribution in [1.29, 1.82) is 0 Å². The summed E-state index contributed by atoms with van der Waals surface area (Å²) in [5.74, 6) is 0.809. The van der Waals surface area contributed by atoms with Crippen molar-refractivity contribution in [1.82, 2.24) is 9.97 Å². The summed E-state index contributed by atoms with van der Waals surface area (Å²) >= 11 is 7.60. The third kappa shape index (κ3) is 3.84. The fraction of sp³-hybridized carbons (Fsp3) is 0.600. The molecule has 0 unspecified atom stereocenters. The molecule has 0 radical (unpaired) electrons. The maximum absolute atomic E-state index is 5.89. The normalized spacial score (nSPS) is 11.8. The van der Waals surface area contributed by atoms with Crippen LogP contribution in [0.4, 0.5) is 0 Å². The fourth-order valence-corrected chi connectivity index (χ4v) is 2.18. The van der Waals surface area contributed by atoms with Gasteiger partial charge in [0.15, 0.2) is 0 Å². The summed E-state index contributed by atoms with van der Waals surface area (Å²) in [5.41, 5.74) is 0. The lowest BCUT2D eigenvalue weighted by atomic mass is 10.3. The fourth-order valence-electron chi connectivity index (χ4n) is 0.966. The van der Waals surface area contributed by atoms with Gasteiger partial charge in [0.2, 0.25) is 0 Å². The second-order valence-electron chi connectivity index (χ2n) is 4.01. The molecule has 0 aliphatic carbocycles. The van der Waals surface area contributed by atoms with Crippen LogP contribution in [0.15, 0.2) is 11.1 Å². The number of aromatic nitrogens is 2. The zero-order valence-corrected chi connectivity index (χ0v) is 10.5. The summed E-state index contributed by atoms with van der Waals surface area (Å²) in [6, 6.07) is 1.82. The van der Waals surface area contributed by atoms with Crippen LogP contribution < -0.4 is 0 Å². The van der Waals surface area contributed by atoms with Crippen LogP contribution in [-0.2, 0) is 6.42 Å². The second-order valence-corrected chi connectivity index (χ2v) is 6.25. The Morgan fingerprint density at radius 1 is 1.36 bits per heavy atom. The summed E-state index contributed by atoms with van der Waals surface area (Å²) in [6.45, 7) is 8.48. The lowest BCUT2D eigenvalue weighted by molar-refractivity contribution is 0.794. The molecule has 0 saturated carbocycles. The number of thioether (sulfide) groups is 1. The Morgan fingerprint density at radius 3 is 2.50 bits per heavy atom. The van der Waals surface area contributed by atoms with E-state index in [0.717, 1.165) is 17.3 Å². The highest BCUT2D eigenvalue weighted by Gasteiger charge is 2.14. The van der Waals surface area contributed by atoms with E-state index in [1.165, 1.54) is 0 Å². The Balaban J connectivity index is 2.92. The molecule has 0 saturated heterocycles. The Bertz CT molecular complexity index is 320. The molecule has 0 spiro atoms. The third-order valence-electron chi connectivity index (χ3n) is 1.44. The summed E-state index contributed by atoms with van der Waals surface area (Å²) in [6.07, 6.45) is 0.818. The number of hydrogen-bond donors (Lipinski definition) is 0. The van der Waals surface area contributed by atoms with Crippen molar-refractivity contribution in [3.63, 3.8) is 0 Å². The van der Waals surface area contributed by atoms with E-state index in [9.17, 15) is 0 Å². The van der Waals surface area contributed by atoms with E-state index in [-0.39, 0.29) is 4.75 Å². The molecule has 4 heteroatoms. The quantitative estimate of drug-likeness (QED) is 0.574. The Hall–Kier alpha value is -0.280. The first-order valence-corrected chi connectivity index (χ1v) is 5.82. The van der Waals surface area contributed by atoms with Gasteiger partial charge in [-0.3, -0.25) is 0 Å². The maximum atomic E-state index is 5.89. The van der Waals surface area contributed by atoms with Gasteiger partial charge < -0.3 is 0 Å². The minimum atomic E-state index is 0.155. The molecule has 0 aliphatic heterocycles. The van der Waals surface area contributed by atoms with Gasteiger partial charge in [0.1, 0.15) is 16.0 Å². The van der Waals surface area contributed by atoms with Gasteiger partial charge >= 0.3 is 0 Å². The zero-order valence-electron chi connectivity index (χ0n) is 8.97. The third-order valence-corrected chi connectivity index (χ3v) is 2.67. The molecule has 2 nitrogen and oxygen atoms in total. The standard InChI is InChI=1S/C10H15ClN2S/c1-5-8-12-7(11)6-9(13-8)14-10(2,3)4/h6H,5H2,1-4H3. The van der Waals surface area contributed by atoms with Crippen LogP contribution in [0.2, 0.25) is 5.15 Å². The van der Waals surface area contributed by atoms with Gasteiger partial charge in [0.25, 0.3) is 0 Å². The Kier molecular flexibility index (Phi) is 3.78. The van der Waals surface area contributed by atoms with Crippen LogP contribution in [0.25, 0.3) is 0 Å². The molecule has 0 fully saturated rings. The summed E-state index contributed by atoms with van der Waals surface area (Å²) in [5, 5.41) is 1.48. The highest BCUT2D eigenvalue weighted by atomic mass is 35.5. The van der Waals surface area contributed by atoms with Crippen molar-refractivity contribution in [3.05, 3.63) is 17.0 Å². The second kappa shape index (κ2) is 4.49. The molecule has 0 N–H and O–H groups in total. The molecule has 1 heterocycles. The van der Waals surface area contributed by atoms with Gasteiger partial charge in [0.05, 0.1) is 0 Å². The van der Waals surface area contributed by atoms with Gasteiger partial charge in [-0.15, -0.1) is 11.8 Å². The Labute approximate surface area is 94.5 Å². The van der Waals surface area contributed by atoms with Gasteiger partial charge in [-0.25, -0.2) is 9.97 Å². The first-order valence-electron chi connectivity index (χ1n) is 4.63. The monoisotopic (exact) mass is 230 g/mol. The van der Waals surface area contributed by atoms with Gasteiger partial charge in [-0.2, -0.15) is 0 Å².